The lowest BCUT2D eigenvalue weighted by Crippen LogP contribution is -2.04. The molecule has 0 aliphatic carbocycles. The Morgan fingerprint density at radius 3 is 2.67 bits per heavy atom. The summed E-state index contributed by atoms with van der Waals surface area (Å²) in [4.78, 5) is 0. The van der Waals surface area contributed by atoms with Gasteiger partial charge < -0.3 is 15.2 Å². The van der Waals surface area contributed by atoms with E-state index < -0.39 is 0 Å². The number of ether oxygens (including phenoxy) is 2. The maximum absolute atomic E-state index is 13.7. The number of benzene rings is 2. The van der Waals surface area contributed by atoms with Crippen molar-refractivity contribution in [3.05, 3.63) is 58.4 Å². The summed E-state index contributed by atoms with van der Waals surface area (Å²) in [6, 6.07) is 10.1. The highest BCUT2D eigenvalue weighted by molar-refractivity contribution is 6.31. The zero-order valence-corrected chi connectivity index (χ0v) is 12.5. The molecule has 0 atom stereocenters. The summed E-state index contributed by atoms with van der Waals surface area (Å²) >= 11 is 5.97. The third-order valence-electron chi connectivity index (χ3n) is 3.09. The molecule has 2 rings (SSSR count). The molecule has 0 spiro atoms. The number of halogens is 2. The van der Waals surface area contributed by atoms with E-state index in [2.05, 4.69) is 0 Å². The maximum atomic E-state index is 13.7. The van der Waals surface area contributed by atoms with Crippen molar-refractivity contribution >= 4 is 11.6 Å². The minimum Gasteiger partial charge on any atom is -0.493 e. The van der Waals surface area contributed by atoms with Gasteiger partial charge in [-0.2, -0.15) is 0 Å². The first-order valence-electron chi connectivity index (χ1n) is 6.58. The molecule has 0 unspecified atom stereocenters. The fourth-order valence-corrected chi connectivity index (χ4v) is 2.19. The maximum Gasteiger partial charge on any atom is 0.161 e. The third-order valence-corrected chi connectivity index (χ3v) is 3.45. The standard InChI is InChI=1S/C16H17ClFNO2/c1-20-16-9-11(7-8-19)5-6-15(16)21-10-12-13(17)3-2-4-14(12)18/h2-6,9H,7-8,10,19H2,1H3. The summed E-state index contributed by atoms with van der Waals surface area (Å²) < 4.78 is 24.6. The minimum atomic E-state index is -0.388. The van der Waals surface area contributed by atoms with Crippen LogP contribution in [0.2, 0.25) is 5.02 Å². The molecular formula is C16H17ClFNO2. The van der Waals surface area contributed by atoms with Crippen molar-refractivity contribution in [2.75, 3.05) is 13.7 Å². The van der Waals surface area contributed by atoms with Crippen molar-refractivity contribution in [2.45, 2.75) is 13.0 Å². The zero-order valence-electron chi connectivity index (χ0n) is 11.7. The molecule has 0 amide bonds. The largest absolute Gasteiger partial charge is 0.493 e. The van der Waals surface area contributed by atoms with E-state index in [-0.39, 0.29) is 12.4 Å². The van der Waals surface area contributed by atoms with E-state index in [9.17, 15) is 4.39 Å². The van der Waals surface area contributed by atoms with Gasteiger partial charge in [0.2, 0.25) is 0 Å². The van der Waals surface area contributed by atoms with Crippen LogP contribution in [0.15, 0.2) is 36.4 Å². The average Bonchev–Trinajstić information content (AvgIpc) is 2.48. The lowest BCUT2D eigenvalue weighted by atomic mass is 10.1. The molecule has 2 aromatic carbocycles. The van der Waals surface area contributed by atoms with Crippen molar-refractivity contribution in [1.82, 2.24) is 0 Å². The molecule has 0 heterocycles. The van der Waals surface area contributed by atoms with E-state index in [1.54, 1.807) is 25.3 Å². The van der Waals surface area contributed by atoms with Crippen LogP contribution in [0, 0.1) is 5.82 Å². The molecule has 2 N–H and O–H groups in total. The fourth-order valence-electron chi connectivity index (χ4n) is 1.97. The summed E-state index contributed by atoms with van der Waals surface area (Å²) in [6.45, 7) is 0.603. The van der Waals surface area contributed by atoms with Crippen LogP contribution < -0.4 is 15.2 Å². The summed E-state index contributed by atoms with van der Waals surface area (Å²) in [6.07, 6.45) is 0.760. The van der Waals surface area contributed by atoms with E-state index in [1.165, 1.54) is 6.07 Å². The highest BCUT2D eigenvalue weighted by atomic mass is 35.5. The Bertz CT molecular complexity index is 599. The van der Waals surface area contributed by atoms with Gasteiger partial charge in [-0.15, -0.1) is 0 Å². The molecule has 0 saturated carbocycles. The van der Waals surface area contributed by atoms with E-state index in [0.717, 1.165) is 12.0 Å². The van der Waals surface area contributed by atoms with Gasteiger partial charge in [0.05, 0.1) is 12.1 Å². The highest BCUT2D eigenvalue weighted by Crippen LogP contribution is 2.30. The Hall–Kier alpha value is -1.78. The topological polar surface area (TPSA) is 44.5 Å². The van der Waals surface area contributed by atoms with E-state index in [1.807, 2.05) is 12.1 Å². The van der Waals surface area contributed by atoms with Gasteiger partial charge in [0.15, 0.2) is 11.5 Å². The molecular weight excluding hydrogens is 293 g/mol. The fraction of sp³-hybridized carbons (Fsp3) is 0.250. The number of rotatable bonds is 6. The van der Waals surface area contributed by atoms with Gasteiger partial charge in [0, 0.05) is 5.56 Å². The first-order valence-corrected chi connectivity index (χ1v) is 6.96. The summed E-state index contributed by atoms with van der Waals surface area (Å²) in [5.41, 5.74) is 6.92. The predicted octanol–water partition coefficient (Wildman–Crippen LogP) is 3.57. The normalized spacial score (nSPS) is 10.5. The van der Waals surface area contributed by atoms with Crippen LogP contribution in [-0.2, 0) is 13.0 Å². The van der Waals surface area contributed by atoms with E-state index in [0.29, 0.717) is 28.6 Å². The smallest absolute Gasteiger partial charge is 0.161 e. The third kappa shape index (κ3) is 3.86. The van der Waals surface area contributed by atoms with E-state index in [4.69, 9.17) is 26.8 Å². The second kappa shape index (κ2) is 7.29. The molecule has 0 saturated heterocycles. The summed E-state index contributed by atoms with van der Waals surface area (Å²) in [5, 5.41) is 0.341. The molecule has 2 aromatic rings. The Kier molecular flexibility index (Phi) is 5.42. The molecule has 0 aliphatic rings. The minimum absolute atomic E-state index is 0.0398. The Balaban J connectivity index is 2.16. The van der Waals surface area contributed by atoms with Crippen LogP contribution in [0.4, 0.5) is 4.39 Å². The first-order chi connectivity index (χ1) is 10.2. The van der Waals surface area contributed by atoms with Crippen molar-refractivity contribution in [1.29, 1.82) is 0 Å². The van der Waals surface area contributed by atoms with Crippen molar-refractivity contribution < 1.29 is 13.9 Å². The molecule has 5 heteroatoms. The number of hydrogen-bond donors (Lipinski definition) is 1. The van der Waals surface area contributed by atoms with Gasteiger partial charge in [-0.05, 0) is 42.8 Å². The van der Waals surface area contributed by atoms with Crippen LogP contribution in [-0.4, -0.2) is 13.7 Å². The quantitative estimate of drug-likeness (QED) is 0.887. The molecule has 21 heavy (non-hydrogen) atoms. The average molecular weight is 310 g/mol. The number of hydrogen-bond acceptors (Lipinski definition) is 3. The van der Waals surface area contributed by atoms with Crippen molar-refractivity contribution in [2.24, 2.45) is 5.73 Å². The zero-order chi connectivity index (χ0) is 15.2. The van der Waals surface area contributed by atoms with Gasteiger partial charge in [-0.3, -0.25) is 0 Å². The molecule has 0 bridgehead atoms. The van der Waals surface area contributed by atoms with Crippen LogP contribution in [0.3, 0.4) is 0 Å². The van der Waals surface area contributed by atoms with Crippen LogP contribution in [0.25, 0.3) is 0 Å². The SMILES string of the molecule is COc1cc(CCN)ccc1OCc1c(F)cccc1Cl. The first kappa shape index (κ1) is 15.6. The van der Waals surface area contributed by atoms with Gasteiger partial charge >= 0.3 is 0 Å². The molecule has 0 aromatic heterocycles. The Labute approximate surface area is 128 Å². The summed E-state index contributed by atoms with van der Waals surface area (Å²) in [5.74, 6) is 0.743. The molecule has 0 aliphatic heterocycles. The Morgan fingerprint density at radius 1 is 1.19 bits per heavy atom. The second-order valence-electron chi connectivity index (χ2n) is 4.51. The van der Waals surface area contributed by atoms with Crippen molar-refractivity contribution in [3.63, 3.8) is 0 Å². The monoisotopic (exact) mass is 309 g/mol. The predicted molar refractivity (Wildman–Crippen MR) is 81.5 cm³/mol. The molecule has 3 nitrogen and oxygen atoms in total. The van der Waals surface area contributed by atoms with Gasteiger partial charge in [-0.25, -0.2) is 4.39 Å². The lowest BCUT2D eigenvalue weighted by molar-refractivity contribution is 0.279. The highest BCUT2D eigenvalue weighted by Gasteiger charge is 2.10. The number of methoxy groups -OCH3 is 1. The van der Waals surface area contributed by atoms with Gasteiger partial charge in [0.25, 0.3) is 0 Å². The van der Waals surface area contributed by atoms with Crippen LogP contribution in [0.5, 0.6) is 11.5 Å². The number of nitrogens with two attached hydrogens (primary N) is 1. The molecule has 0 radical (unpaired) electrons. The van der Waals surface area contributed by atoms with Gasteiger partial charge in [0.1, 0.15) is 12.4 Å². The Morgan fingerprint density at radius 2 is 2.00 bits per heavy atom. The summed E-state index contributed by atoms with van der Waals surface area (Å²) in [7, 11) is 1.56. The van der Waals surface area contributed by atoms with Crippen LogP contribution >= 0.6 is 11.6 Å². The second-order valence-corrected chi connectivity index (χ2v) is 4.92. The molecule has 112 valence electrons. The van der Waals surface area contributed by atoms with Crippen molar-refractivity contribution in [3.8, 4) is 11.5 Å². The van der Waals surface area contributed by atoms with Gasteiger partial charge in [-0.1, -0.05) is 23.7 Å². The lowest BCUT2D eigenvalue weighted by Gasteiger charge is -2.13. The van der Waals surface area contributed by atoms with Crippen LogP contribution in [0.1, 0.15) is 11.1 Å². The molecule has 0 fully saturated rings. The van der Waals surface area contributed by atoms with E-state index >= 15 is 0 Å².